The van der Waals surface area contributed by atoms with Gasteiger partial charge >= 0.3 is 0 Å². The van der Waals surface area contributed by atoms with Crippen LogP contribution in [0.1, 0.15) is 46.5 Å². The zero-order valence-corrected chi connectivity index (χ0v) is 8.72. The summed E-state index contributed by atoms with van der Waals surface area (Å²) in [6.45, 7) is 6.51. The standard InChI is InChI=1S/C10H24N2/c1-8(2)4-6-10(12)7-5-9(3)11/h8-10H,4-7,11-12H2,1-3H3. The normalized spacial score (nSPS) is 16.5. The summed E-state index contributed by atoms with van der Waals surface area (Å²) in [6, 6.07) is 0.661. The zero-order chi connectivity index (χ0) is 9.56. The molecule has 0 aliphatic heterocycles. The first-order valence-corrected chi connectivity index (χ1v) is 5.03. The maximum absolute atomic E-state index is 5.91. The highest BCUT2D eigenvalue weighted by atomic mass is 14.6. The van der Waals surface area contributed by atoms with Gasteiger partial charge in [-0.25, -0.2) is 0 Å². The molecule has 0 bridgehead atoms. The summed E-state index contributed by atoms with van der Waals surface area (Å²) in [5.41, 5.74) is 11.6. The van der Waals surface area contributed by atoms with Gasteiger partial charge in [-0.1, -0.05) is 13.8 Å². The quantitative estimate of drug-likeness (QED) is 0.642. The zero-order valence-electron chi connectivity index (χ0n) is 8.72. The van der Waals surface area contributed by atoms with E-state index in [1.54, 1.807) is 0 Å². The van der Waals surface area contributed by atoms with E-state index in [4.69, 9.17) is 11.5 Å². The number of hydrogen-bond donors (Lipinski definition) is 2. The molecule has 74 valence electrons. The van der Waals surface area contributed by atoms with Crippen LogP contribution in [0.15, 0.2) is 0 Å². The largest absolute Gasteiger partial charge is 0.328 e. The van der Waals surface area contributed by atoms with Crippen LogP contribution >= 0.6 is 0 Å². The molecule has 2 heteroatoms. The third kappa shape index (κ3) is 8.02. The lowest BCUT2D eigenvalue weighted by Gasteiger charge is -2.13. The molecule has 0 fully saturated rings. The molecule has 2 unspecified atom stereocenters. The average Bonchev–Trinajstić information content (AvgIpc) is 1.96. The Labute approximate surface area is 76.7 Å². The topological polar surface area (TPSA) is 52.0 Å². The van der Waals surface area contributed by atoms with E-state index in [2.05, 4.69) is 13.8 Å². The molecule has 0 aromatic rings. The Morgan fingerprint density at radius 3 is 1.75 bits per heavy atom. The summed E-state index contributed by atoms with van der Waals surface area (Å²) in [4.78, 5) is 0. The van der Waals surface area contributed by atoms with Crippen LogP contribution in [0.4, 0.5) is 0 Å². The predicted octanol–water partition coefficient (Wildman–Crippen LogP) is 1.88. The van der Waals surface area contributed by atoms with Gasteiger partial charge in [0, 0.05) is 12.1 Å². The van der Waals surface area contributed by atoms with Gasteiger partial charge in [-0.15, -0.1) is 0 Å². The molecule has 0 spiro atoms. The third-order valence-electron chi connectivity index (χ3n) is 2.11. The smallest absolute Gasteiger partial charge is 0.00395 e. The fourth-order valence-corrected chi connectivity index (χ4v) is 1.17. The Bertz CT molecular complexity index is 88.0. The molecule has 0 saturated heterocycles. The summed E-state index contributed by atoms with van der Waals surface area (Å²) in [5, 5.41) is 0. The molecule has 2 atom stereocenters. The monoisotopic (exact) mass is 172 g/mol. The van der Waals surface area contributed by atoms with E-state index in [0.717, 1.165) is 25.2 Å². The van der Waals surface area contributed by atoms with Gasteiger partial charge in [0.25, 0.3) is 0 Å². The van der Waals surface area contributed by atoms with Crippen LogP contribution in [0, 0.1) is 5.92 Å². The number of rotatable bonds is 6. The van der Waals surface area contributed by atoms with Crippen LogP contribution < -0.4 is 11.5 Å². The van der Waals surface area contributed by atoms with Crippen molar-refractivity contribution in [3.05, 3.63) is 0 Å². The Kier molecular flexibility index (Phi) is 6.39. The van der Waals surface area contributed by atoms with Crippen molar-refractivity contribution >= 4 is 0 Å². The maximum atomic E-state index is 5.91. The van der Waals surface area contributed by atoms with Gasteiger partial charge in [0.05, 0.1) is 0 Å². The Morgan fingerprint density at radius 2 is 1.33 bits per heavy atom. The van der Waals surface area contributed by atoms with Gasteiger partial charge in [-0.2, -0.15) is 0 Å². The molecular formula is C10H24N2. The van der Waals surface area contributed by atoms with E-state index in [9.17, 15) is 0 Å². The van der Waals surface area contributed by atoms with Crippen LogP contribution in [0.5, 0.6) is 0 Å². The minimum Gasteiger partial charge on any atom is -0.328 e. The minimum atomic E-state index is 0.301. The first-order valence-electron chi connectivity index (χ1n) is 5.03. The van der Waals surface area contributed by atoms with Crippen molar-refractivity contribution in [2.45, 2.75) is 58.5 Å². The molecule has 0 radical (unpaired) electrons. The van der Waals surface area contributed by atoms with Crippen LogP contribution in [-0.4, -0.2) is 12.1 Å². The summed E-state index contributed by atoms with van der Waals surface area (Å²) >= 11 is 0. The first-order chi connectivity index (χ1) is 5.52. The van der Waals surface area contributed by atoms with Gasteiger partial charge < -0.3 is 11.5 Å². The van der Waals surface area contributed by atoms with Crippen molar-refractivity contribution < 1.29 is 0 Å². The maximum Gasteiger partial charge on any atom is 0.00395 e. The van der Waals surface area contributed by atoms with E-state index < -0.39 is 0 Å². The Balaban J connectivity index is 3.27. The highest BCUT2D eigenvalue weighted by molar-refractivity contribution is 4.65. The lowest BCUT2D eigenvalue weighted by molar-refractivity contribution is 0.457. The lowest BCUT2D eigenvalue weighted by atomic mass is 9.99. The van der Waals surface area contributed by atoms with E-state index in [1.165, 1.54) is 6.42 Å². The fraction of sp³-hybridized carbons (Fsp3) is 1.00. The van der Waals surface area contributed by atoms with Crippen molar-refractivity contribution in [2.24, 2.45) is 17.4 Å². The van der Waals surface area contributed by atoms with Crippen LogP contribution in [0.3, 0.4) is 0 Å². The van der Waals surface area contributed by atoms with Gasteiger partial charge in [0.15, 0.2) is 0 Å². The second kappa shape index (κ2) is 6.44. The third-order valence-corrected chi connectivity index (χ3v) is 2.11. The SMILES string of the molecule is CC(C)CCC(N)CCC(C)N. The molecule has 12 heavy (non-hydrogen) atoms. The van der Waals surface area contributed by atoms with Crippen LogP contribution in [-0.2, 0) is 0 Å². The fourth-order valence-electron chi connectivity index (χ4n) is 1.17. The van der Waals surface area contributed by atoms with Gasteiger partial charge in [0.2, 0.25) is 0 Å². The van der Waals surface area contributed by atoms with Crippen LogP contribution in [0.25, 0.3) is 0 Å². The molecule has 0 aliphatic rings. The molecule has 0 rings (SSSR count). The lowest BCUT2D eigenvalue weighted by Crippen LogP contribution is -2.24. The molecule has 0 aliphatic carbocycles. The molecule has 0 saturated carbocycles. The molecule has 0 heterocycles. The summed E-state index contributed by atoms with van der Waals surface area (Å²) in [6.07, 6.45) is 4.51. The van der Waals surface area contributed by atoms with Crippen LogP contribution in [0.2, 0.25) is 0 Å². The molecule has 0 aromatic carbocycles. The van der Waals surface area contributed by atoms with Gasteiger partial charge in [-0.05, 0) is 38.5 Å². The summed E-state index contributed by atoms with van der Waals surface area (Å²) in [7, 11) is 0. The Morgan fingerprint density at radius 1 is 0.833 bits per heavy atom. The molecule has 0 amide bonds. The van der Waals surface area contributed by atoms with E-state index in [1.807, 2.05) is 6.92 Å². The van der Waals surface area contributed by atoms with Crippen molar-refractivity contribution in [1.82, 2.24) is 0 Å². The minimum absolute atomic E-state index is 0.301. The molecule has 4 N–H and O–H groups in total. The second-order valence-corrected chi connectivity index (χ2v) is 4.29. The van der Waals surface area contributed by atoms with Crippen molar-refractivity contribution in [2.75, 3.05) is 0 Å². The van der Waals surface area contributed by atoms with E-state index >= 15 is 0 Å². The van der Waals surface area contributed by atoms with Gasteiger partial charge in [0.1, 0.15) is 0 Å². The molecule has 0 aromatic heterocycles. The first kappa shape index (κ1) is 11.9. The van der Waals surface area contributed by atoms with Crippen molar-refractivity contribution in [3.8, 4) is 0 Å². The van der Waals surface area contributed by atoms with Crippen molar-refractivity contribution in [1.29, 1.82) is 0 Å². The average molecular weight is 172 g/mol. The molecular weight excluding hydrogens is 148 g/mol. The van der Waals surface area contributed by atoms with Gasteiger partial charge in [-0.3, -0.25) is 0 Å². The summed E-state index contributed by atoms with van der Waals surface area (Å²) in [5.74, 6) is 0.770. The number of hydrogen-bond acceptors (Lipinski definition) is 2. The highest BCUT2D eigenvalue weighted by Crippen LogP contribution is 2.09. The highest BCUT2D eigenvalue weighted by Gasteiger charge is 2.05. The second-order valence-electron chi connectivity index (χ2n) is 4.29. The Hall–Kier alpha value is -0.0800. The van der Waals surface area contributed by atoms with Crippen molar-refractivity contribution in [3.63, 3.8) is 0 Å². The van der Waals surface area contributed by atoms with E-state index in [-0.39, 0.29) is 0 Å². The van der Waals surface area contributed by atoms with E-state index in [0.29, 0.717) is 12.1 Å². The molecule has 2 nitrogen and oxygen atoms in total. The number of nitrogens with two attached hydrogens (primary N) is 2. The summed E-state index contributed by atoms with van der Waals surface area (Å²) < 4.78 is 0. The predicted molar refractivity (Wildman–Crippen MR) is 54.9 cm³/mol.